The van der Waals surface area contributed by atoms with Crippen molar-refractivity contribution in [1.82, 2.24) is 10.3 Å². The summed E-state index contributed by atoms with van der Waals surface area (Å²) in [6.45, 7) is 1.25. The van der Waals surface area contributed by atoms with Crippen LogP contribution in [0.5, 0.6) is 5.75 Å². The molecule has 3 aromatic rings. The molecule has 8 heteroatoms. The van der Waals surface area contributed by atoms with Crippen LogP contribution >= 0.6 is 23.4 Å². The van der Waals surface area contributed by atoms with Crippen LogP contribution in [0.3, 0.4) is 0 Å². The Morgan fingerprint density at radius 2 is 1.97 bits per heavy atom. The van der Waals surface area contributed by atoms with Gasteiger partial charge in [-0.15, -0.1) is 0 Å². The van der Waals surface area contributed by atoms with Crippen LogP contribution in [0, 0.1) is 11.3 Å². The average molecular weight is 494 g/mol. The van der Waals surface area contributed by atoms with Gasteiger partial charge in [0.25, 0.3) is 0 Å². The summed E-state index contributed by atoms with van der Waals surface area (Å²) in [5.41, 5.74) is 3.60. The first-order chi connectivity index (χ1) is 16.6. The molecule has 1 amide bonds. The van der Waals surface area contributed by atoms with E-state index in [0.717, 1.165) is 41.9 Å². The highest BCUT2D eigenvalue weighted by Gasteiger charge is 2.19. The summed E-state index contributed by atoms with van der Waals surface area (Å²) in [6.07, 6.45) is 2.06. The highest BCUT2D eigenvalue weighted by Crippen LogP contribution is 2.35. The van der Waals surface area contributed by atoms with Gasteiger partial charge in [-0.3, -0.25) is 4.79 Å². The minimum absolute atomic E-state index is 0.0802. The second kappa shape index (κ2) is 11.4. The van der Waals surface area contributed by atoms with Gasteiger partial charge in [-0.2, -0.15) is 5.26 Å². The second-order valence-electron chi connectivity index (χ2n) is 7.81. The molecule has 1 unspecified atom stereocenters. The summed E-state index contributed by atoms with van der Waals surface area (Å²) >= 11 is 7.32. The SMILES string of the molecule is COc1ccc(-c2cc(-c3ccc(Cl)cc3)nc(SCC(=O)NCC3CCCO3)c2C#N)cc1. The van der Waals surface area contributed by atoms with Crippen molar-refractivity contribution in [2.24, 2.45) is 0 Å². The molecule has 0 spiro atoms. The molecule has 1 N–H and O–H groups in total. The molecule has 4 rings (SSSR count). The summed E-state index contributed by atoms with van der Waals surface area (Å²) < 4.78 is 10.8. The van der Waals surface area contributed by atoms with E-state index >= 15 is 0 Å². The Bertz CT molecular complexity index is 1190. The van der Waals surface area contributed by atoms with E-state index in [1.54, 1.807) is 19.2 Å². The number of halogens is 1. The van der Waals surface area contributed by atoms with Crippen LogP contribution in [-0.4, -0.2) is 43.0 Å². The van der Waals surface area contributed by atoms with Gasteiger partial charge in [0.05, 0.1) is 30.2 Å². The summed E-state index contributed by atoms with van der Waals surface area (Å²) in [4.78, 5) is 17.2. The Morgan fingerprint density at radius 1 is 1.24 bits per heavy atom. The number of carbonyl (C=O) groups is 1. The zero-order valence-electron chi connectivity index (χ0n) is 18.7. The number of thioether (sulfide) groups is 1. The maximum Gasteiger partial charge on any atom is 0.230 e. The Hall–Kier alpha value is -3.05. The minimum Gasteiger partial charge on any atom is -0.497 e. The van der Waals surface area contributed by atoms with Gasteiger partial charge in [-0.05, 0) is 48.7 Å². The van der Waals surface area contributed by atoms with Gasteiger partial charge in [0.1, 0.15) is 16.8 Å². The molecular formula is C26H24ClN3O3S. The van der Waals surface area contributed by atoms with Crippen molar-refractivity contribution in [2.45, 2.75) is 24.0 Å². The van der Waals surface area contributed by atoms with E-state index in [1.165, 1.54) is 11.8 Å². The summed E-state index contributed by atoms with van der Waals surface area (Å²) in [6, 6.07) is 19.1. The summed E-state index contributed by atoms with van der Waals surface area (Å²) in [7, 11) is 1.61. The Morgan fingerprint density at radius 3 is 2.62 bits per heavy atom. The number of carbonyl (C=O) groups excluding carboxylic acids is 1. The number of hydrogen-bond donors (Lipinski definition) is 1. The molecule has 1 aliphatic heterocycles. The van der Waals surface area contributed by atoms with E-state index in [1.807, 2.05) is 42.5 Å². The fraction of sp³-hybridized carbons (Fsp3) is 0.269. The second-order valence-corrected chi connectivity index (χ2v) is 9.21. The average Bonchev–Trinajstić information content (AvgIpc) is 3.40. The molecule has 2 heterocycles. The topological polar surface area (TPSA) is 84.2 Å². The quantitative estimate of drug-likeness (QED) is 0.426. The van der Waals surface area contributed by atoms with Gasteiger partial charge >= 0.3 is 0 Å². The Balaban J connectivity index is 1.64. The van der Waals surface area contributed by atoms with Crippen molar-refractivity contribution in [3.63, 3.8) is 0 Å². The van der Waals surface area contributed by atoms with E-state index in [-0.39, 0.29) is 17.8 Å². The molecule has 174 valence electrons. The van der Waals surface area contributed by atoms with Crippen LogP contribution < -0.4 is 10.1 Å². The molecule has 0 radical (unpaired) electrons. The number of methoxy groups -OCH3 is 1. The van der Waals surface area contributed by atoms with Crippen molar-refractivity contribution in [2.75, 3.05) is 26.0 Å². The number of hydrogen-bond acceptors (Lipinski definition) is 6. The van der Waals surface area contributed by atoms with Gasteiger partial charge in [0.2, 0.25) is 5.91 Å². The molecule has 1 atom stereocenters. The maximum absolute atomic E-state index is 12.5. The monoisotopic (exact) mass is 493 g/mol. The molecule has 6 nitrogen and oxygen atoms in total. The Kier molecular flexibility index (Phi) is 8.07. The first kappa shape index (κ1) is 24.1. The number of rotatable bonds is 8. The third-order valence-corrected chi connectivity index (χ3v) is 6.76. The third kappa shape index (κ3) is 5.89. The fourth-order valence-electron chi connectivity index (χ4n) is 3.72. The lowest BCUT2D eigenvalue weighted by atomic mass is 9.99. The third-order valence-electron chi connectivity index (χ3n) is 5.53. The van der Waals surface area contributed by atoms with Crippen LogP contribution in [0.15, 0.2) is 59.6 Å². The van der Waals surface area contributed by atoms with E-state index in [4.69, 9.17) is 26.1 Å². The van der Waals surface area contributed by atoms with E-state index < -0.39 is 0 Å². The van der Waals surface area contributed by atoms with Crippen molar-refractivity contribution >= 4 is 29.3 Å². The molecule has 0 saturated carbocycles. The maximum atomic E-state index is 12.5. The minimum atomic E-state index is -0.117. The lowest BCUT2D eigenvalue weighted by molar-refractivity contribution is -0.119. The van der Waals surface area contributed by atoms with E-state index in [2.05, 4.69) is 11.4 Å². The molecule has 0 bridgehead atoms. The van der Waals surface area contributed by atoms with Crippen LogP contribution in [-0.2, 0) is 9.53 Å². The van der Waals surface area contributed by atoms with Crippen molar-refractivity contribution in [3.05, 3.63) is 65.2 Å². The number of nitriles is 1. The molecular weight excluding hydrogens is 470 g/mol. The van der Waals surface area contributed by atoms with Crippen LogP contribution in [0.1, 0.15) is 18.4 Å². The van der Waals surface area contributed by atoms with Crippen molar-refractivity contribution in [1.29, 1.82) is 5.26 Å². The number of benzene rings is 2. The molecule has 2 aromatic carbocycles. The molecule has 34 heavy (non-hydrogen) atoms. The molecule has 1 saturated heterocycles. The van der Waals surface area contributed by atoms with Gasteiger partial charge < -0.3 is 14.8 Å². The number of amides is 1. The first-order valence-electron chi connectivity index (χ1n) is 10.9. The number of nitrogens with zero attached hydrogens (tertiary/aromatic N) is 2. The summed E-state index contributed by atoms with van der Waals surface area (Å²) in [5, 5.41) is 14.1. The van der Waals surface area contributed by atoms with Crippen LogP contribution in [0.2, 0.25) is 5.02 Å². The predicted octanol–water partition coefficient (Wildman–Crippen LogP) is 5.34. The zero-order chi connectivity index (χ0) is 23.9. The van der Waals surface area contributed by atoms with Gasteiger partial charge in [0.15, 0.2) is 0 Å². The largest absolute Gasteiger partial charge is 0.497 e. The van der Waals surface area contributed by atoms with Crippen molar-refractivity contribution < 1.29 is 14.3 Å². The lowest BCUT2D eigenvalue weighted by Gasteiger charge is -2.14. The molecule has 1 aliphatic rings. The Labute approximate surface area is 208 Å². The highest BCUT2D eigenvalue weighted by molar-refractivity contribution is 8.00. The van der Waals surface area contributed by atoms with Crippen LogP contribution in [0.25, 0.3) is 22.4 Å². The van der Waals surface area contributed by atoms with E-state index in [0.29, 0.717) is 27.9 Å². The molecule has 1 fully saturated rings. The van der Waals surface area contributed by atoms with E-state index in [9.17, 15) is 10.1 Å². The van der Waals surface area contributed by atoms with Gasteiger partial charge in [-0.1, -0.05) is 47.6 Å². The lowest BCUT2D eigenvalue weighted by Crippen LogP contribution is -2.32. The zero-order valence-corrected chi connectivity index (χ0v) is 20.3. The van der Waals surface area contributed by atoms with Gasteiger partial charge in [-0.25, -0.2) is 4.98 Å². The number of pyridine rings is 1. The number of ether oxygens (including phenoxy) is 2. The van der Waals surface area contributed by atoms with Gasteiger partial charge in [0, 0.05) is 29.3 Å². The molecule has 1 aromatic heterocycles. The normalized spacial score (nSPS) is 15.0. The number of nitrogens with one attached hydrogen (secondary N) is 1. The fourth-order valence-corrected chi connectivity index (χ4v) is 4.68. The molecule has 0 aliphatic carbocycles. The highest BCUT2D eigenvalue weighted by atomic mass is 35.5. The number of aromatic nitrogens is 1. The predicted molar refractivity (Wildman–Crippen MR) is 134 cm³/mol. The summed E-state index contributed by atoms with van der Waals surface area (Å²) in [5.74, 6) is 0.765. The smallest absolute Gasteiger partial charge is 0.230 e. The standard InChI is InChI=1S/C26H24ClN3O3S/c1-32-20-10-6-17(7-11-20)22-13-24(18-4-8-19(27)9-5-18)30-26(23(22)14-28)34-16-25(31)29-15-21-3-2-12-33-21/h4-11,13,21H,2-3,12,15-16H2,1H3,(H,29,31). The van der Waals surface area contributed by atoms with Crippen LogP contribution in [0.4, 0.5) is 0 Å². The first-order valence-corrected chi connectivity index (χ1v) is 12.3. The van der Waals surface area contributed by atoms with Crippen molar-refractivity contribution in [3.8, 4) is 34.2 Å².